The largest absolute Gasteiger partial charge is 0.456 e. The molecular weight excluding hydrogens is 625 g/mol. The molecule has 0 aliphatic carbocycles. The molecule has 1 aliphatic rings. The minimum Gasteiger partial charge on any atom is -0.456 e. The number of hydrogen-bond acceptors (Lipinski definition) is 5. The smallest absolute Gasteiger partial charge is 0.160 e. The van der Waals surface area contributed by atoms with Crippen LogP contribution in [0.25, 0.3) is 79.6 Å². The quantitative estimate of drug-likeness (QED) is 0.189. The summed E-state index contributed by atoms with van der Waals surface area (Å²) in [5, 5.41) is 0. The lowest BCUT2D eigenvalue weighted by atomic mass is 9.94. The Morgan fingerprint density at radius 2 is 1.00 bits per heavy atom. The number of ether oxygens (including phenoxy) is 1. The highest BCUT2D eigenvalue weighted by molar-refractivity contribution is 5.90. The number of pyridine rings is 2. The summed E-state index contributed by atoms with van der Waals surface area (Å²) < 4.78 is 6.76. The van der Waals surface area contributed by atoms with Crippen molar-refractivity contribution in [3.63, 3.8) is 0 Å². The lowest BCUT2D eigenvalue weighted by Crippen LogP contribution is -1.97. The summed E-state index contributed by atoms with van der Waals surface area (Å²) in [5.74, 6) is 2.20. The Balaban J connectivity index is 1.21. The van der Waals surface area contributed by atoms with Gasteiger partial charge in [-0.2, -0.15) is 0 Å². The molecular formula is C46H30N4O. The summed E-state index contributed by atoms with van der Waals surface area (Å²) in [6, 6.07) is 51.5. The van der Waals surface area contributed by atoms with Crippen molar-refractivity contribution < 1.29 is 4.74 Å². The number of para-hydroxylation sites is 2. The highest BCUT2D eigenvalue weighted by Gasteiger charge is 2.18. The van der Waals surface area contributed by atoms with Crippen LogP contribution in [-0.4, -0.2) is 19.9 Å². The summed E-state index contributed by atoms with van der Waals surface area (Å²) >= 11 is 0. The predicted molar refractivity (Wildman–Crippen MR) is 206 cm³/mol. The summed E-state index contributed by atoms with van der Waals surface area (Å²) in [6.07, 6.45) is 9.82. The highest BCUT2D eigenvalue weighted by Crippen LogP contribution is 2.42. The van der Waals surface area contributed by atoms with Crippen molar-refractivity contribution in [1.29, 1.82) is 0 Å². The van der Waals surface area contributed by atoms with Crippen LogP contribution in [0.2, 0.25) is 0 Å². The first kappa shape index (κ1) is 30.1. The van der Waals surface area contributed by atoms with Gasteiger partial charge in [-0.15, -0.1) is 0 Å². The van der Waals surface area contributed by atoms with Gasteiger partial charge < -0.3 is 4.74 Å². The van der Waals surface area contributed by atoms with Crippen LogP contribution in [0.15, 0.2) is 170 Å². The average Bonchev–Trinajstić information content (AvgIpc) is 3.23. The van der Waals surface area contributed by atoms with Gasteiger partial charge in [0, 0.05) is 52.0 Å². The number of aromatic nitrogens is 4. The molecule has 5 heteroatoms. The standard InChI is InChI=1S/C46H30N4O/c1-2-12-33(13-3-1)42-28-43(36-24-25-41(48-30-36)35-14-10-26-47-29-35)50-46(49-42)34-23-22-32-21-20-31-11-4-5-15-37(31)38-16-6-8-18-44(38)51-45-19-9-7-17-39(45)40(32)27-34/h1-30H/b21-20-. The van der Waals surface area contributed by atoms with Gasteiger partial charge in [-0.25, -0.2) is 9.97 Å². The van der Waals surface area contributed by atoms with Crippen LogP contribution < -0.4 is 4.74 Å². The van der Waals surface area contributed by atoms with Crippen LogP contribution in [0, 0.1) is 0 Å². The Kier molecular flexibility index (Phi) is 7.76. The van der Waals surface area contributed by atoms with E-state index in [0.717, 1.165) is 84.2 Å². The maximum atomic E-state index is 6.76. The summed E-state index contributed by atoms with van der Waals surface area (Å²) in [4.78, 5) is 19.3. The zero-order valence-corrected chi connectivity index (χ0v) is 27.5. The first-order valence-corrected chi connectivity index (χ1v) is 16.9. The van der Waals surface area contributed by atoms with Gasteiger partial charge in [0.1, 0.15) is 11.5 Å². The average molecular weight is 655 g/mol. The third-order valence-electron chi connectivity index (χ3n) is 9.10. The van der Waals surface area contributed by atoms with Gasteiger partial charge >= 0.3 is 0 Å². The molecule has 51 heavy (non-hydrogen) atoms. The van der Waals surface area contributed by atoms with Gasteiger partial charge in [0.05, 0.1) is 17.1 Å². The first-order chi connectivity index (χ1) is 25.3. The second kappa shape index (κ2) is 13.1. The Bertz CT molecular complexity index is 2550. The molecule has 4 heterocycles. The van der Waals surface area contributed by atoms with Gasteiger partial charge in [0.2, 0.25) is 0 Å². The van der Waals surface area contributed by atoms with E-state index < -0.39 is 0 Å². The molecule has 0 N–H and O–H groups in total. The zero-order valence-electron chi connectivity index (χ0n) is 27.5. The molecule has 0 atom stereocenters. The maximum Gasteiger partial charge on any atom is 0.160 e. The monoisotopic (exact) mass is 654 g/mol. The van der Waals surface area contributed by atoms with E-state index in [1.165, 1.54) is 0 Å². The van der Waals surface area contributed by atoms with Gasteiger partial charge in [0.25, 0.3) is 0 Å². The fraction of sp³-hybridized carbons (Fsp3) is 0. The van der Waals surface area contributed by atoms with E-state index >= 15 is 0 Å². The Hall–Kier alpha value is -6.98. The van der Waals surface area contributed by atoms with Gasteiger partial charge in [-0.3, -0.25) is 9.97 Å². The molecule has 0 saturated carbocycles. The molecule has 5 aromatic carbocycles. The van der Waals surface area contributed by atoms with E-state index in [4.69, 9.17) is 19.7 Å². The Morgan fingerprint density at radius 1 is 0.392 bits per heavy atom. The van der Waals surface area contributed by atoms with Crippen LogP contribution in [0.5, 0.6) is 11.5 Å². The van der Waals surface area contributed by atoms with Crippen molar-refractivity contribution in [2.24, 2.45) is 0 Å². The van der Waals surface area contributed by atoms with Crippen molar-refractivity contribution in [1.82, 2.24) is 19.9 Å². The topological polar surface area (TPSA) is 60.8 Å². The van der Waals surface area contributed by atoms with Crippen molar-refractivity contribution in [3.8, 4) is 78.9 Å². The number of rotatable bonds is 4. The molecule has 0 unspecified atom stereocenters. The molecule has 0 amide bonds. The molecule has 1 aliphatic heterocycles. The molecule has 9 rings (SSSR count). The van der Waals surface area contributed by atoms with Crippen LogP contribution in [-0.2, 0) is 0 Å². The summed E-state index contributed by atoms with van der Waals surface area (Å²) in [7, 11) is 0. The molecule has 240 valence electrons. The molecule has 0 spiro atoms. The van der Waals surface area contributed by atoms with E-state index in [1.807, 2.05) is 79.1 Å². The van der Waals surface area contributed by atoms with E-state index in [2.05, 4.69) is 102 Å². The van der Waals surface area contributed by atoms with E-state index in [0.29, 0.717) is 5.82 Å². The molecule has 0 saturated heterocycles. The van der Waals surface area contributed by atoms with Crippen molar-refractivity contribution in [2.45, 2.75) is 0 Å². The minimum absolute atomic E-state index is 0.623. The van der Waals surface area contributed by atoms with E-state index in [1.54, 1.807) is 6.20 Å². The van der Waals surface area contributed by atoms with Crippen LogP contribution in [0.3, 0.4) is 0 Å². The van der Waals surface area contributed by atoms with E-state index in [-0.39, 0.29) is 0 Å². The highest BCUT2D eigenvalue weighted by atomic mass is 16.5. The third-order valence-corrected chi connectivity index (χ3v) is 9.10. The Labute approximate surface area is 296 Å². The number of fused-ring (bicyclic) bond motifs is 6. The van der Waals surface area contributed by atoms with Gasteiger partial charge in [-0.1, -0.05) is 115 Å². The lowest BCUT2D eigenvalue weighted by molar-refractivity contribution is 0.486. The maximum absolute atomic E-state index is 6.76. The lowest BCUT2D eigenvalue weighted by Gasteiger charge is -2.16. The molecule has 5 nitrogen and oxygen atoms in total. The Morgan fingerprint density at radius 3 is 1.73 bits per heavy atom. The number of hydrogen-bond donors (Lipinski definition) is 0. The first-order valence-electron chi connectivity index (χ1n) is 16.9. The second-order valence-corrected chi connectivity index (χ2v) is 12.3. The molecule has 0 fully saturated rings. The predicted octanol–water partition coefficient (Wildman–Crippen LogP) is 11.5. The van der Waals surface area contributed by atoms with Gasteiger partial charge in [-0.05, 0) is 70.8 Å². The fourth-order valence-electron chi connectivity index (χ4n) is 6.53. The molecule has 3 aromatic heterocycles. The van der Waals surface area contributed by atoms with Crippen LogP contribution >= 0.6 is 0 Å². The second-order valence-electron chi connectivity index (χ2n) is 12.3. The van der Waals surface area contributed by atoms with Crippen LogP contribution in [0.4, 0.5) is 0 Å². The van der Waals surface area contributed by atoms with Crippen LogP contribution in [0.1, 0.15) is 11.1 Å². The zero-order chi connectivity index (χ0) is 34.0. The van der Waals surface area contributed by atoms with Crippen molar-refractivity contribution in [3.05, 3.63) is 181 Å². The van der Waals surface area contributed by atoms with E-state index in [9.17, 15) is 0 Å². The van der Waals surface area contributed by atoms with Crippen molar-refractivity contribution >= 4 is 12.2 Å². The normalized spacial score (nSPS) is 12.2. The minimum atomic E-state index is 0.623. The van der Waals surface area contributed by atoms with Gasteiger partial charge in [0.15, 0.2) is 5.82 Å². The third kappa shape index (κ3) is 5.98. The summed E-state index contributed by atoms with van der Waals surface area (Å²) in [6.45, 7) is 0. The molecule has 8 aromatic rings. The molecule has 0 bridgehead atoms. The number of benzene rings is 5. The summed E-state index contributed by atoms with van der Waals surface area (Å²) in [5.41, 5.74) is 12.6. The SMILES string of the molecule is C1=C\c2ccc(-c3nc(-c4ccccc4)cc(-c4ccc(-c5cccnc5)nc4)n3)cc2-c2ccccc2Oc2ccccc2-c2ccccc2/1. The van der Waals surface area contributed by atoms with Crippen molar-refractivity contribution in [2.75, 3.05) is 0 Å². The fourth-order valence-corrected chi connectivity index (χ4v) is 6.53. The molecule has 0 radical (unpaired) electrons. The number of nitrogens with zero attached hydrogens (tertiary/aromatic N) is 4.